The third kappa shape index (κ3) is 5.07. The zero-order valence-electron chi connectivity index (χ0n) is 16.1. The van der Waals surface area contributed by atoms with Crippen molar-refractivity contribution >= 4 is 11.9 Å². The quantitative estimate of drug-likeness (QED) is 0.652. The van der Waals surface area contributed by atoms with Gasteiger partial charge in [-0.05, 0) is 36.2 Å². The Morgan fingerprint density at radius 2 is 1.79 bits per heavy atom. The van der Waals surface area contributed by atoms with Crippen molar-refractivity contribution in [3.8, 4) is 5.75 Å². The molecule has 1 N–H and O–H groups in total. The number of rotatable bonds is 8. The van der Waals surface area contributed by atoms with Crippen molar-refractivity contribution in [3.05, 3.63) is 83.7 Å². The molecule has 6 heteroatoms. The molecule has 28 heavy (non-hydrogen) atoms. The van der Waals surface area contributed by atoms with Crippen molar-refractivity contribution in [2.45, 2.75) is 20.0 Å². The summed E-state index contributed by atoms with van der Waals surface area (Å²) in [6, 6.07) is 19.3. The second kappa shape index (κ2) is 9.50. The molecule has 1 amide bonds. The molecule has 0 bridgehead atoms. The van der Waals surface area contributed by atoms with Crippen LogP contribution in [-0.4, -0.2) is 29.5 Å². The minimum atomic E-state index is -0.227. The van der Waals surface area contributed by atoms with E-state index in [2.05, 4.69) is 27.4 Å². The molecule has 144 valence electrons. The van der Waals surface area contributed by atoms with Gasteiger partial charge in [0.05, 0.1) is 7.11 Å². The molecule has 0 radical (unpaired) electrons. The van der Waals surface area contributed by atoms with E-state index in [4.69, 9.17) is 4.74 Å². The van der Waals surface area contributed by atoms with Crippen LogP contribution in [0.4, 0.5) is 5.95 Å². The van der Waals surface area contributed by atoms with E-state index in [0.717, 1.165) is 17.9 Å². The van der Waals surface area contributed by atoms with Gasteiger partial charge in [-0.3, -0.25) is 4.79 Å². The fraction of sp³-hybridized carbons (Fsp3) is 0.227. The number of hydrogen-bond acceptors (Lipinski definition) is 5. The summed E-state index contributed by atoms with van der Waals surface area (Å²) in [4.78, 5) is 23.4. The van der Waals surface area contributed by atoms with Crippen molar-refractivity contribution in [2.75, 3.05) is 18.6 Å². The van der Waals surface area contributed by atoms with Crippen LogP contribution in [0.25, 0.3) is 0 Å². The first kappa shape index (κ1) is 19.4. The molecule has 0 unspecified atom stereocenters. The van der Waals surface area contributed by atoms with Crippen molar-refractivity contribution < 1.29 is 9.53 Å². The van der Waals surface area contributed by atoms with Gasteiger partial charge >= 0.3 is 0 Å². The molecule has 2 aromatic carbocycles. The summed E-state index contributed by atoms with van der Waals surface area (Å²) in [5.74, 6) is 1.10. The van der Waals surface area contributed by atoms with Crippen molar-refractivity contribution in [1.82, 2.24) is 15.3 Å². The molecule has 0 saturated heterocycles. The zero-order chi connectivity index (χ0) is 19.8. The Bertz CT molecular complexity index is 898. The molecule has 1 heterocycles. The number of hydrogen-bond donors (Lipinski definition) is 1. The zero-order valence-corrected chi connectivity index (χ0v) is 16.1. The van der Waals surface area contributed by atoms with E-state index < -0.39 is 0 Å². The van der Waals surface area contributed by atoms with Crippen LogP contribution in [0.2, 0.25) is 0 Å². The van der Waals surface area contributed by atoms with Crippen LogP contribution < -0.4 is 15.0 Å². The van der Waals surface area contributed by atoms with E-state index in [1.54, 1.807) is 19.4 Å². The molecule has 3 aromatic rings. The van der Waals surface area contributed by atoms with Gasteiger partial charge in [0.1, 0.15) is 11.4 Å². The Morgan fingerprint density at radius 3 is 2.46 bits per heavy atom. The summed E-state index contributed by atoms with van der Waals surface area (Å²) in [6.45, 7) is 3.90. The average Bonchev–Trinajstić information content (AvgIpc) is 2.77. The Morgan fingerprint density at radius 1 is 1.04 bits per heavy atom. The molecule has 0 aliphatic heterocycles. The maximum absolute atomic E-state index is 12.5. The first-order chi connectivity index (χ1) is 13.7. The van der Waals surface area contributed by atoms with Gasteiger partial charge in [-0.2, -0.15) is 0 Å². The normalized spacial score (nSPS) is 10.4. The van der Waals surface area contributed by atoms with Gasteiger partial charge in [-0.1, -0.05) is 42.5 Å². The predicted octanol–water partition coefficient (Wildman–Crippen LogP) is 3.44. The first-order valence-electron chi connectivity index (χ1n) is 9.22. The standard InChI is InChI=1S/C22H24N4O2/c1-3-26(16-18-7-5-4-6-8-18)22-23-14-13-20(25-22)21(27)24-15-17-9-11-19(28-2)12-10-17/h4-14H,3,15-16H2,1-2H3,(H,24,27). The van der Waals surface area contributed by atoms with E-state index in [9.17, 15) is 4.79 Å². The summed E-state index contributed by atoms with van der Waals surface area (Å²) >= 11 is 0. The lowest BCUT2D eigenvalue weighted by Crippen LogP contribution is -2.27. The molecule has 6 nitrogen and oxygen atoms in total. The fourth-order valence-corrected chi connectivity index (χ4v) is 2.77. The van der Waals surface area contributed by atoms with Gasteiger partial charge < -0.3 is 15.0 Å². The highest BCUT2D eigenvalue weighted by molar-refractivity contribution is 5.92. The van der Waals surface area contributed by atoms with Crippen LogP contribution in [0.1, 0.15) is 28.5 Å². The van der Waals surface area contributed by atoms with E-state index in [1.165, 1.54) is 5.56 Å². The van der Waals surface area contributed by atoms with Crippen molar-refractivity contribution in [3.63, 3.8) is 0 Å². The summed E-state index contributed by atoms with van der Waals surface area (Å²) in [7, 11) is 1.63. The minimum Gasteiger partial charge on any atom is -0.497 e. The van der Waals surface area contributed by atoms with E-state index in [1.807, 2.05) is 54.3 Å². The number of aromatic nitrogens is 2. The number of benzene rings is 2. The number of methoxy groups -OCH3 is 1. The molecule has 0 spiro atoms. The van der Waals surface area contributed by atoms with Gasteiger partial charge in [0.25, 0.3) is 5.91 Å². The highest BCUT2D eigenvalue weighted by Crippen LogP contribution is 2.13. The smallest absolute Gasteiger partial charge is 0.270 e. The summed E-state index contributed by atoms with van der Waals surface area (Å²) in [6.07, 6.45) is 1.62. The van der Waals surface area contributed by atoms with Gasteiger partial charge in [0, 0.05) is 25.8 Å². The van der Waals surface area contributed by atoms with Gasteiger partial charge in [0.15, 0.2) is 0 Å². The maximum atomic E-state index is 12.5. The van der Waals surface area contributed by atoms with E-state index in [-0.39, 0.29) is 5.91 Å². The maximum Gasteiger partial charge on any atom is 0.270 e. The lowest BCUT2D eigenvalue weighted by atomic mass is 10.2. The number of carbonyl (C=O) groups is 1. The Labute approximate surface area is 165 Å². The molecular weight excluding hydrogens is 352 g/mol. The SMILES string of the molecule is CCN(Cc1ccccc1)c1nccc(C(=O)NCc2ccc(OC)cc2)n1. The highest BCUT2D eigenvalue weighted by atomic mass is 16.5. The topological polar surface area (TPSA) is 67.4 Å². The van der Waals surface area contributed by atoms with Crippen LogP contribution in [0.3, 0.4) is 0 Å². The average molecular weight is 376 g/mol. The predicted molar refractivity (Wildman–Crippen MR) is 109 cm³/mol. The number of amides is 1. The minimum absolute atomic E-state index is 0.227. The number of nitrogens with one attached hydrogen (secondary N) is 1. The van der Waals surface area contributed by atoms with Gasteiger partial charge in [-0.25, -0.2) is 9.97 Å². The first-order valence-corrected chi connectivity index (χ1v) is 9.22. The van der Waals surface area contributed by atoms with E-state index >= 15 is 0 Å². The van der Waals surface area contributed by atoms with E-state index in [0.29, 0.717) is 24.7 Å². The molecule has 0 saturated carbocycles. The lowest BCUT2D eigenvalue weighted by Gasteiger charge is -2.21. The van der Waals surface area contributed by atoms with Crippen LogP contribution in [0, 0.1) is 0 Å². The largest absolute Gasteiger partial charge is 0.497 e. The molecule has 0 aliphatic rings. The number of ether oxygens (including phenoxy) is 1. The summed E-state index contributed by atoms with van der Waals surface area (Å²) < 4.78 is 5.14. The Balaban J connectivity index is 1.66. The van der Waals surface area contributed by atoms with Crippen LogP contribution in [-0.2, 0) is 13.1 Å². The van der Waals surface area contributed by atoms with Crippen molar-refractivity contribution in [2.24, 2.45) is 0 Å². The molecule has 1 aromatic heterocycles. The molecule has 0 atom stereocenters. The molecular formula is C22H24N4O2. The highest BCUT2D eigenvalue weighted by Gasteiger charge is 2.13. The van der Waals surface area contributed by atoms with Crippen LogP contribution in [0.15, 0.2) is 66.9 Å². The van der Waals surface area contributed by atoms with Gasteiger partial charge in [0.2, 0.25) is 5.95 Å². The number of nitrogens with zero attached hydrogens (tertiary/aromatic N) is 3. The number of carbonyl (C=O) groups excluding carboxylic acids is 1. The van der Waals surface area contributed by atoms with Crippen molar-refractivity contribution in [1.29, 1.82) is 0 Å². The summed E-state index contributed by atoms with van der Waals surface area (Å²) in [5, 5.41) is 2.90. The molecule has 0 aliphatic carbocycles. The second-order valence-electron chi connectivity index (χ2n) is 6.27. The second-order valence-corrected chi connectivity index (χ2v) is 6.27. The Hall–Kier alpha value is -3.41. The monoisotopic (exact) mass is 376 g/mol. The molecule has 3 rings (SSSR count). The third-order valence-corrected chi connectivity index (χ3v) is 4.37. The lowest BCUT2D eigenvalue weighted by molar-refractivity contribution is 0.0946. The summed E-state index contributed by atoms with van der Waals surface area (Å²) in [5.41, 5.74) is 2.51. The van der Waals surface area contributed by atoms with Gasteiger partial charge in [-0.15, -0.1) is 0 Å². The number of anilines is 1. The molecule has 0 fully saturated rings. The van der Waals surface area contributed by atoms with Crippen LogP contribution >= 0.6 is 0 Å². The fourth-order valence-electron chi connectivity index (χ4n) is 2.77. The Kier molecular flexibility index (Phi) is 6.57. The van der Waals surface area contributed by atoms with Crippen LogP contribution in [0.5, 0.6) is 5.75 Å². The third-order valence-electron chi connectivity index (χ3n) is 4.37.